The molecule has 0 aromatic heterocycles. The highest BCUT2D eigenvalue weighted by atomic mass is 16.6. The largest absolute Gasteiger partial charge is 0.467 e. The second kappa shape index (κ2) is 11.5. The van der Waals surface area contributed by atoms with E-state index in [9.17, 15) is 4.79 Å². The van der Waals surface area contributed by atoms with E-state index in [-0.39, 0.29) is 12.6 Å². The lowest BCUT2D eigenvalue weighted by atomic mass is 10.1. The molecule has 0 atom stereocenters. The number of unbranched alkanes of at least 4 members (excludes halogenated alkanes) is 6. The number of hydrogen-bond acceptors (Lipinski definition) is 3. The topological polar surface area (TPSA) is 35.5 Å². The molecule has 3 heteroatoms. The number of methoxy groups -OCH3 is 1. The summed E-state index contributed by atoms with van der Waals surface area (Å²) in [5.41, 5.74) is 0. The first kappa shape index (κ1) is 14.4. The zero-order valence-electron chi connectivity index (χ0n) is 10.1. The van der Waals surface area contributed by atoms with Crippen molar-refractivity contribution in [3.63, 3.8) is 0 Å². The SMILES string of the molecule is CCCCCCCCCOCC(=O)OC. The van der Waals surface area contributed by atoms with Crippen molar-refractivity contribution in [2.45, 2.75) is 51.9 Å². The van der Waals surface area contributed by atoms with Crippen LogP contribution in [0.5, 0.6) is 0 Å². The summed E-state index contributed by atoms with van der Waals surface area (Å²) in [6.07, 6.45) is 8.83. The Balaban J connectivity index is 2.95. The van der Waals surface area contributed by atoms with Crippen LogP contribution in [0.25, 0.3) is 0 Å². The van der Waals surface area contributed by atoms with Crippen LogP contribution in [0.2, 0.25) is 0 Å². The van der Waals surface area contributed by atoms with Gasteiger partial charge in [-0.15, -0.1) is 0 Å². The van der Waals surface area contributed by atoms with Crippen molar-refractivity contribution in [3.8, 4) is 0 Å². The highest BCUT2D eigenvalue weighted by molar-refractivity contribution is 5.70. The summed E-state index contributed by atoms with van der Waals surface area (Å²) in [5, 5.41) is 0. The van der Waals surface area contributed by atoms with Crippen LogP contribution < -0.4 is 0 Å². The number of carbonyl (C=O) groups excluding carboxylic acids is 1. The molecule has 0 saturated heterocycles. The van der Waals surface area contributed by atoms with Crippen LogP contribution in [0.3, 0.4) is 0 Å². The highest BCUT2D eigenvalue weighted by Gasteiger charge is 1.98. The van der Waals surface area contributed by atoms with Crippen LogP contribution in [0.15, 0.2) is 0 Å². The molecule has 0 aliphatic heterocycles. The Bertz CT molecular complexity index is 146. The first-order valence-electron chi connectivity index (χ1n) is 5.95. The molecule has 0 saturated carbocycles. The van der Waals surface area contributed by atoms with Crippen molar-refractivity contribution in [1.82, 2.24) is 0 Å². The summed E-state index contributed by atoms with van der Waals surface area (Å²) >= 11 is 0. The Morgan fingerprint density at radius 2 is 1.60 bits per heavy atom. The number of esters is 1. The summed E-state index contributed by atoms with van der Waals surface area (Å²) in [6.45, 7) is 2.98. The predicted molar refractivity (Wildman–Crippen MR) is 60.8 cm³/mol. The van der Waals surface area contributed by atoms with Gasteiger partial charge in [0.05, 0.1) is 7.11 Å². The van der Waals surface area contributed by atoms with Crippen LogP contribution in [-0.2, 0) is 14.3 Å². The lowest BCUT2D eigenvalue weighted by Gasteiger charge is -2.03. The lowest BCUT2D eigenvalue weighted by molar-refractivity contribution is -0.145. The average Bonchev–Trinajstić information content (AvgIpc) is 2.26. The third-order valence-electron chi connectivity index (χ3n) is 2.34. The molecular weight excluding hydrogens is 192 g/mol. The monoisotopic (exact) mass is 216 g/mol. The minimum Gasteiger partial charge on any atom is -0.467 e. The summed E-state index contributed by atoms with van der Waals surface area (Å²) in [6, 6.07) is 0. The molecule has 15 heavy (non-hydrogen) atoms. The molecule has 0 N–H and O–H groups in total. The first-order chi connectivity index (χ1) is 7.31. The number of ether oxygens (including phenoxy) is 2. The Kier molecular flexibility index (Phi) is 11.1. The van der Waals surface area contributed by atoms with Crippen molar-refractivity contribution in [1.29, 1.82) is 0 Å². The van der Waals surface area contributed by atoms with Gasteiger partial charge in [0.1, 0.15) is 6.61 Å². The zero-order valence-corrected chi connectivity index (χ0v) is 10.1. The molecule has 0 aliphatic carbocycles. The normalized spacial score (nSPS) is 10.3. The quantitative estimate of drug-likeness (QED) is 0.416. The number of hydrogen-bond donors (Lipinski definition) is 0. The van der Waals surface area contributed by atoms with E-state index >= 15 is 0 Å². The van der Waals surface area contributed by atoms with Gasteiger partial charge in [0, 0.05) is 6.61 Å². The van der Waals surface area contributed by atoms with Gasteiger partial charge in [-0.1, -0.05) is 45.4 Å². The molecule has 0 fully saturated rings. The van der Waals surface area contributed by atoms with Crippen LogP contribution in [0.4, 0.5) is 0 Å². The highest BCUT2D eigenvalue weighted by Crippen LogP contribution is 2.06. The smallest absolute Gasteiger partial charge is 0.331 e. The zero-order chi connectivity index (χ0) is 11.4. The fraction of sp³-hybridized carbons (Fsp3) is 0.917. The Labute approximate surface area is 93.1 Å². The van der Waals surface area contributed by atoms with Gasteiger partial charge >= 0.3 is 5.97 Å². The predicted octanol–water partition coefficient (Wildman–Crippen LogP) is 2.93. The first-order valence-corrected chi connectivity index (χ1v) is 5.95. The van der Waals surface area contributed by atoms with Crippen LogP contribution in [-0.4, -0.2) is 26.3 Å². The van der Waals surface area contributed by atoms with Gasteiger partial charge in [0.2, 0.25) is 0 Å². The van der Waals surface area contributed by atoms with E-state index in [1.165, 1.54) is 45.6 Å². The third kappa shape index (κ3) is 11.4. The number of rotatable bonds is 10. The van der Waals surface area contributed by atoms with Crippen LogP contribution in [0, 0.1) is 0 Å². The van der Waals surface area contributed by atoms with E-state index in [4.69, 9.17) is 4.74 Å². The van der Waals surface area contributed by atoms with Crippen molar-refractivity contribution in [2.75, 3.05) is 20.3 Å². The van der Waals surface area contributed by atoms with E-state index < -0.39 is 0 Å². The molecule has 0 radical (unpaired) electrons. The molecule has 0 bridgehead atoms. The maximum atomic E-state index is 10.7. The minimum atomic E-state index is -0.294. The molecule has 0 unspecified atom stereocenters. The molecular formula is C12H24O3. The maximum Gasteiger partial charge on any atom is 0.331 e. The Morgan fingerprint density at radius 3 is 2.20 bits per heavy atom. The third-order valence-corrected chi connectivity index (χ3v) is 2.34. The molecule has 0 aliphatic rings. The van der Waals surface area contributed by atoms with Gasteiger partial charge in [-0.05, 0) is 6.42 Å². The molecule has 90 valence electrons. The van der Waals surface area contributed by atoms with E-state index in [0.717, 1.165) is 6.42 Å². The second-order valence-corrected chi connectivity index (χ2v) is 3.75. The Hall–Kier alpha value is -0.570. The van der Waals surface area contributed by atoms with Gasteiger partial charge in [-0.25, -0.2) is 4.79 Å². The van der Waals surface area contributed by atoms with Crippen LogP contribution >= 0.6 is 0 Å². The fourth-order valence-corrected chi connectivity index (χ4v) is 1.38. The Morgan fingerprint density at radius 1 is 1.00 bits per heavy atom. The fourth-order valence-electron chi connectivity index (χ4n) is 1.38. The summed E-state index contributed by atoms with van der Waals surface area (Å²) in [5.74, 6) is -0.294. The lowest BCUT2D eigenvalue weighted by Crippen LogP contribution is -2.10. The molecule has 0 aromatic rings. The van der Waals surface area contributed by atoms with Gasteiger partial charge < -0.3 is 9.47 Å². The van der Waals surface area contributed by atoms with Crippen molar-refractivity contribution < 1.29 is 14.3 Å². The van der Waals surface area contributed by atoms with Gasteiger partial charge in [-0.3, -0.25) is 0 Å². The van der Waals surface area contributed by atoms with E-state index in [2.05, 4.69) is 11.7 Å². The number of carbonyl (C=O) groups is 1. The van der Waals surface area contributed by atoms with Gasteiger partial charge in [0.25, 0.3) is 0 Å². The van der Waals surface area contributed by atoms with Gasteiger partial charge in [0.15, 0.2) is 0 Å². The second-order valence-electron chi connectivity index (χ2n) is 3.75. The molecule has 0 amide bonds. The van der Waals surface area contributed by atoms with Crippen molar-refractivity contribution in [3.05, 3.63) is 0 Å². The van der Waals surface area contributed by atoms with E-state index in [1.54, 1.807) is 0 Å². The molecule has 3 nitrogen and oxygen atoms in total. The minimum absolute atomic E-state index is 0.0896. The standard InChI is InChI=1S/C12H24O3/c1-3-4-5-6-7-8-9-10-15-11-12(13)14-2/h3-11H2,1-2H3. The van der Waals surface area contributed by atoms with Crippen molar-refractivity contribution in [2.24, 2.45) is 0 Å². The van der Waals surface area contributed by atoms with E-state index in [0.29, 0.717) is 6.61 Å². The van der Waals surface area contributed by atoms with Gasteiger partial charge in [-0.2, -0.15) is 0 Å². The van der Waals surface area contributed by atoms with Crippen molar-refractivity contribution >= 4 is 5.97 Å². The molecule has 0 rings (SSSR count). The van der Waals surface area contributed by atoms with Crippen LogP contribution in [0.1, 0.15) is 51.9 Å². The molecule has 0 heterocycles. The maximum absolute atomic E-state index is 10.7. The average molecular weight is 216 g/mol. The summed E-state index contributed by atoms with van der Waals surface area (Å²) in [7, 11) is 1.37. The summed E-state index contributed by atoms with van der Waals surface area (Å²) in [4.78, 5) is 10.7. The molecule has 0 aromatic carbocycles. The summed E-state index contributed by atoms with van der Waals surface area (Å²) < 4.78 is 9.60. The molecule has 0 spiro atoms. The van der Waals surface area contributed by atoms with E-state index in [1.807, 2.05) is 0 Å².